The Bertz CT molecular complexity index is 579. The van der Waals surface area contributed by atoms with Gasteiger partial charge in [0.15, 0.2) is 0 Å². The molecule has 1 aromatic heterocycles. The number of thioether (sulfide) groups is 1. The maximum atomic E-state index is 5.82. The van der Waals surface area contributed by atoms with Gasteiger partial charge in [-0.1, -0.05) is 25.1 Å². The van der Waals surface area contributed by atoms with Gasteiger partial charge in [0, 0.05) is 23.6 Å². The summed E-state index contributed by atoms with van der Waals surface area (Å²) in [5, 5.41) is 4.61. The van der Waals surface area contributed by atoms with E-state index >= 15 is 0 Å². The van der Waals surface area contributed by atoms with Gasteiger partial charge in [0.2, 0.25) is 0 Å². The van der Waals surface area contributed by atoms with Crippen LogP contribution in [0.4, 0.5) is 0 Å². The molecule has 2 aromatic rings. The normalized spacial score (nSPS) is 12.6. The Morgan fingerprint density at radius 2 is 2.10 bits per heavy atom. The molecule has 5 heteroatoms. The van der Waals surface area contributed by atoms with E-state index in [0.29, 0.717) is 0 Å². The minimum Gasteiger partial charge on any atom is -0.271 e. The summed E-state index contributed by atoms with van der Waals surface area (Å²) in [7, 11) is 0. The van der Waals surface area contributed by atoms with Crippen molar-refractivity contribution >= 4 is 11.8 Å². The Kier molecular flexibility index (Phi) is 5.85. The molecule has 0 fully saturated rings. The van der Waals surface area contributed by atoms with Gasteiger partial charge in [-0.3, -0.25) is 16.0 Å². The third kappa shape index (κ3) is 3.67. The first-order valence-corrected chi connectivity index (χ1v) is 8.60. The summed E-state index contributed by atoms with van der Waals surface area (Å²) in [6, 6.07) is 10.7. The molecule has 0 radical (unpaired) electrons. The van der Waals surface area contributed by atoms with Crippen molar-refractivity contribution in [3.8, 4) is 0 Å². The fourth-order valence-corrected chi connectivity index (χ4v) is 3.21. The van der Waals surface area contributed by atoms with E-state index in [-0.39, 0.29) is 6.04 Å². The number of benzene rings is 1. The highest BCUT2D eigenvalue weighted by Crippen LogP contribution is 2.27. The molecule has 0 bridgehead atoms. The lowest BCUT2D eigenvalue weighted by molar-refractivity contribution is 0.511. The molecule has 1 heterocycles. The summed E-state index contributed by atoms with van der Waals surface area (Å²) in [6.07, 6.45) is 3.90. The second-order valence-electron chi connectivity index (χ2n) is 4.96. The summed E-state index contributed by atoms with van der Waals surface area (Å²) >= 11 is 1.75. The van der Waals surface area contributed by atoms with E-state index in [2.05, 4.69) is 65.6 Å². The van der Waals surface area contributed by atoms with Crippen LogP contribution >= 0.6 is 11.8 Å². The first-order chi connectivity index (χ1) is 10.2. The molecule has 3 N–H and O–H groups in total. The fraction of sp³-hybridized carbons (Fsp3) is 0.438. The van der Waals surface area contributed by atoms with Crippen LogP contribution in [0.5, 0.6) is 0 Å². The zero-order chi connectivity index (χ0) is 15.2. The first kappa shape index (κ1) is 16.1. The van der Waals surface area contributed by atoms with Crippen LogP contribution in [0.2, 0.25) is 0 Å². The zero-order valence-corrected chi connectivity index (χ0v) is 13.8. The van der Waals surface area contributed by atoms with Crippen LogP contribution in [0.15, 0.2) is 35.2 Å². The highest BCUT2D eigenvalue weighted by Gasteiger charge is 2.17. The molecule has 0 spiro atoms. The number of aromatic nitrogens is 2. The van der Waals surface area contributed by atoms with Crippen molar-refractivity contribution in [2.75, 3.05) is 6.26 Å². The zero-order valence-electron chi connectivity index (χ0n) is 13.0. The number of aryl methyl sites for hydroxylation is 2. The SMILES string of the molecule is CCc1cc(CC(NN)c2ccccc2SC)n(CC)n1. The molecule has 1 unspecified atom stereocenters. The quantitative estimate of drug-likeness (QED) is 0.469. The third-order valence-electron chi connectivity index (χ3n) is 3.70. The van der Waals surface area contributed by atoms with Gasteiger partial charge >= 0.3 is 0 Å². The van der Waals surface area contributed by atoms with Crippen LogP contribution in [-0.4, -0.2) is 16.0 Å². The maximum absolute atomic E-state index is 5.82. The highest BCUT2D eigenvalue weighted by molar-refractivity contribution is 7.98. The van der Waals surface area contributed by atoms with E-state index in [4.69, 9.17) is 5.84 Å². The molecule has 0 saturated heterocycles. The van der Waals surface area contributed by atoms with Crippen molar-refractivity contribution in [1.29, 1.82) is 0 Å². The van der Waals surface area contributed by atoms with E-state index in [9.17, 15) is 0 Å². The molecule has 0 aliphatic heterocycles. The molecule has 0 amide bonds. The number of hydrazine groups is 1. The van der Waals surface area contributed by atoms with Crippen LogP contribution in [-0.2, 0) is 19.4 Å². The van der Waals surface area contributed by atoms with Gasteiger partial charge in [0.25, 0.3) is 0 Å². The van der Waals surface area contributed by atoms with Gasteiger partial charge in [0.1, 0.15) is 0 Å². The summed E-state index contributed by atoms with van der Waals surface area (Å²) in [6.45, 7) is 5.14. The van der Waals surface area contributed by atoms with Gasteiger partial charge in [0.05, 0.1) is 11.7 Å². The molecule has 21 heavy (non-hydrogen) atoms. The lowest BCUT2D eigenvalue weighted by atomic mass is 10.0. The molecule has 0 aliphatic carbocycles. The van der Waals surface area contributed by atoms with Crippen molar-refractivity contribution in [2.45, 2.75) is 44.2 Å². The molecule has 2 rings (SSSR count). The summed E-state index contributed by atoms with van der Waals surface area (Å²) < 4.78 is 2.07. The Morgan fingerprint density at radius 1 is 1.33 bits per heavy atom. The number of nitrogens with zero attached hydrogens (tertiary/aromatic N) is 2. The Balaban J connectivity index is 2.28. The maximum Gasteiger partial charge on any atom is 0.0624 e. The number of hydrogen-bond donors (Lipinski definition) is 2. The largest absolute Gasteiger partial charge is 0.271 e. The predicted molar refractivity (Wildman–Crippen MR) is 89.3 cm³/mol. The molecular formula is C16H24N4S. The van der Waals surface area contributed by atoms with Crippen molar-refractivity contribution in [3.05, 3.63) is 47.3 Å². The van der Waals surface area contributed by atoms with Crippen molar-refractivity contribution < 1.29 is 0 Å². The molecule has 1 aromatic carbocycles. The summed E-state index contributed by atoms with van der Waals surface area (Å²) in [5.41, 5.74) is 6.58. The van der Waals surface area contributed by atoms with E-state index in [1.165, 1.54) is 16.2 Å². The molecular weight excluding hydrogens is 280 g/mol. The molecule has 0 aliphatic rings. The fourth-order valence-electron chi connectivity index (χ4n) is 2.55. The minimum atomic E-state index is 0.0976. The summed E-state index contributed by atoms with van der Waals surface area (Å²) in [4.78, 5) is 1.26. The van der Waals surface area contributed by atoms with Gasteiger partial charge in [-0.15, -0.1) is 11.8 Å². The predicted octanol–water partition coefficient (Wildman–Crippen LogP) is 2.93. The number of nitrogens with one attached hydrogen (secondary N) is 1. The van der Waals surface area contributed by atoms with E-state index in [1.54, 1.807) is 11.8 Å². The number of hydrogen-bond acceptors (Lipinski definition) is 4. The van der Waals surface area contributed by atoms with Gasteiger partial charge in [-0.2, -0.15) is 5.10 Å². The average molecular weight is 304 g/mol. The van der Waals surface area contributed by atoms with E-state index < -0.39 is 0 Å². The lowest BCUT2D eigenvalue weighted by Crippen LogP contribution is -2.30. The number of nitrogens with two attached hydrogens (primary N) is 1. The third-order valence-corrected chi connectivity index (χ3v) is 4.52. The van der Waals surface area contributed by atoms with Gasteiger partial charge < -0.3 is 0 Å². The lowest BCUT2D eigenvalue weighted by Gasteiger charge is -2.19. The molecule has 4 nitrogen and oxygen atoms in total. The first-order valence-electron chi connectivity index (χ1n) is 7.38. The average Bonchev–Trinajstić information content (AvgIpc) is 2.94. The van der Waals surface area contributed by atoms with Crippen LogP contribution in [0.1, 0.15) is 36.8 Å². The summed E-state index contributed by atoms with van der Waals surface area (Å²) in [5.74, 6) is 5.82. The van der Waals surface area contributed by atoms with Gasteiger partial charge in [-0.25, -0.2) is 0 Å². The molecule has 0 saturated carbocycles. The molecule has 114 valence electrons. The van der Waals surface area contributed by atoms with Crippen molar-refractivity contribution in [1.82, 2.24) is 15.2 Å². The Hall–Kier alpha value is -1.30. The smallest absolute Gasteiger partial charge is 0.0624 e. The minimum absolute atomic E-state index is 0.0976. The second-order valence-corrected chi connectivity index (χ2v) is 5.81. The molecule has 1 atom stereocenters. The van der Waals surface area contributed by atoms with Crippen molar-refractivity contribution in [3.63, 3.8) is 0 Å². The van der Waals surface area contributed by atoms with Crippen molar-refractivity contribution in [2.24, 2.45) is 5.84 Å². The highest BCUT2D eigenvalue weighted by atomic mass is 32.2. The van der Waals surface area contributed by atoms with Crippen LogP contribution in [0, 0.1) is 0 Å². The van der Waals surface area contributed by atoms with Gasteiger partial charge in [-0.05, 0) is 37.3 Å². The van der Waals surface area contributed by atoms with E-state index in [1.807, 2.05) is 0 Å². The van der Waals surface area contributed by atoms with E-state index in [0.717, 1.165) is 25.1 Å². The topological polar surface area (TPSA) is 55.9 Å². The Morgan fingerprint density at radius 3 is 2.71 bits per heavy atom. The monoisotopic (exact) mass is 304 g/mol. The van der Waals surface area contributed by atoms with Crippen LogP contribution in [0.3, 0.4) is 0 Å². The standard InChI is InChI=1S/C16H24N4S/c1-4-12-10-13(20(5-2)19-12)11-15(18-17)14-8-6-7-9-16(14)21-3/h6-10,15,18H,4-5,11,17H2,1-3H3. The Labute approximate surface area is 131 Å². The van der Waals surface area contributed by atoms with Crippen LogP contribution < -0.4 is 11.3 Å². The van der Waals surface area contributed by atoms with Crippen LogP contribution in [0.25, 0.3) is 0 Å². The number of rotatable bonds is 7. The second kappa shape index (κ2) is 7.64.